The normalized spacial score (nSPS) is 22.6. The van der Waals surface area contributed by atoms with E-state index in [4.69, 9.17) is 79.0 Å². The Kier molecular flexibility index (Phi) is 12.4. The maximum absolute atomic E-state index is 9.85. The summed E-state index contributed by atoms with van der Waals surface area (Å²) in [5, 5.41) is 19.0. The first-order valence-corrected chi connectivity index (χ1v) is 12.8. The predicted octanol–water partition coefficient (Wildman–Crippen LogP) is -4.80. The molecule has 0 spiro atoms. The number of nitrogens with two attached hydrogens (primary N) is 2. The van der Waals surface area contributed by atoms with Gasteiger partial charge in [0.15, 0.2) is 17.7 Å². The summed E-state index contributed by atoms with van der Waals surface area (Å²) in [5.41, 5.74) is 12.5. The van der Waals surface area contributed by atoms with Crippen LogP contribution in [0.1, 0.15) is 6.23 Å². The van der Waals surface area contributed by atoms with Crippen LogP contribution >= 0.6 is 23.5 Å². The molecular formula is C10H23N6O15P3. The number of aliphatic hydroxyl groups is 2. The first-order chi connectivity index (χ1) is 15.1. The molecule has 21 nitrogen and oxygen atoms in total. The Hall–Kier alpha value is -1.48. The van der Waals surface area contributed by atoms with Crippen molar-refractivity contribution < 1.29 is 72.7 Å². The Balaban J connectivity index is 0.000000599. The maximum atomic E-state index is 9.85. The van der Waals surface area contributed by atoms with Crippen LogP contribution in [0.5, 0.6) is 0 Å². The molecule has 3 heterocycles. The summed E-state index contributed by atoms with van der Waals surface area (Å²) in [5.74, 6) is 0.259. The summed E-state index contributed by atoms with van der Waals surface area (Å²) in [4.78, 5) is 76.7. The minimum Gasteiger partial charge on any atom is -0.394 e. The lowest BCUT2D eigenvalue weighted by Gasteiger charge is -2.17. The molecule has 0 unspecified atom stereocenters. The van der Waals surface area contributed by atoms with Gasteiger partial charge in [0.05, 0.1) is 19.0 Å². The van der Waals surface area contributed by atoms with Crippen LogP contribution < -0.4 is 11.5 Å². The van der Waals surface area contributed by atoms with Crippen LogP contribution in [0.4, 0.5) is 5.82 Å². The fourth-order valence-corrected chi connectivity index (χ4v) is 2.23. The van der Waals surface area contributed by atoms with Gasteiger partial charge in [0.25, 0.3) is 0 Å². The molecule has 1 saturated heterocycles. The number of fused-ring (bicyclic) bond motifs is 1. The summed E-state index contributed by atoms with van der Waals surface area (Å²) in [7, 11) is -13.9. The molecule has 34 heavy (non-hydrogen) atoms. The van der Waals surface area contributed by atoms with Crippen molar-refractivity contribution in [2.24, 2.45) is 5.73 Å². The van der Waals surface area contributed by atoms with Crippen molar-refractivity contribution >= 4 is 40.4 Å². The minimum atomic E-state index is -4.64. The third-order valence-corrected chi connectivity index (χ3v) is 3.26. The zero-order valence-electron chi connectivity index (χ0n) is 16.5. The number of phosphoric acid groups is 3. The molecule has 2 aromatic heterocycles. The quantitative estimate of drug-likeness (QED) is 0.153. The summed E-state index contributed by atoms with van der Waals surface area (Å²) >= 11 is 0. The highest BCUT2D eigenvalue weighted by Crippen LogP contribution is 2.30. The van der Waals surface area contributed by atoms with Gasteiger partial charge >= 0.3 is 23.5 Å². The molecule has 0 amide bonds. The molecule has 0 saturated carbocycles. The number of hydrogen-bond donors (Lipinski definition) is 13. The van der Waals surface area contributed by atoms with E-state index < -0.39 is 47.9 Å². The molecule has 1 aliphatic heterocycles. The molecule has 1 fully saturated rings. The van der Waals surface area contributed by atoms with Crippen molar-refractivity contribution in [1.29, 1.82) is 0 Å². The molecule has 4 atom stereocenters. The highest BCUT2D eigenvalue weighted by atomic mass is 31.2. The van der Waals surface area contributed by atoms with Gasteiger partial charge in [0, 0.05) is 0 Å². The van der Waals surface area contributed by atoms with E-state index in [1.807, 2.05) is 0 Å². The van der Waals surface area contributed by atoms with E-state index in [0.717, 1.165) is 0 Å². The number of hydrogen-bond acceptors (Lipinski definition) is 11. The molecule has 24 heteroatoms. The van der Waals surface area contributed by atoms with Gasteiger partial charge in [-0.3, -0.25) is 4.57 Å². The van der Waals surface area contributed by atoms with Crippen LogP contribution in [0, 0.1) is 0 Å². The largest absolute Gasteiger partial charge is 0.466 e. The number of rotatable bonds is 2. The Bertz CT molecular complexity index is 978. The van der Waals surface area contributed by atoms with Crippen LogP contribution in [0.15, 0.2) is 12.7 Å². The number of nitrogen functional groups attached to an aromatic ring is 1. The molecule has 1 aliphatic rings. The number of nitrogens with zero attached hydrogens (tertiary/aromatic N) is 4. The Morgan fingerprint density at radius 1 is 0.912 bits per heavy atom. The fourth-order valence-electron chi connectivity index (χ4n) is 2.23. The molecular weight excluding hydrogens is 537 g/mol. The van der Waals surface area contributed by atoms with Gasteiger partial charge in [-0.15, -0.1) is 0 Å². The average molecular weight is 560 g/mol. The van der Waals surface area contributed by atoms with Crippen molar-refractivity contribution in [2.45, 2.75) is 24.5 Å². The van der Waals surface area contributed by atoms with Crippen LogP contribution in [0.3, 0.4) is 0 Å². The van der Waals surface area contributed by atoms with E-state index in [0.29, 0.717) is 11.2 Å². The van der Waals surface area contributed by atoms with Gasteiger partial charge in [-0.25, -0.2) is 28.6 Å². The zero-order chi connectivity index (χ0) is 27.1. The lowest BCUT2D eigenvalue weighted by molar-refractivity contribution is -0.0437. The second-order valence-corrected chi connectivity index (χ2v) is 9.02. The van der Waals surface area contributed by atoms with Gasteiger partial charge in [-0.2, -0.15) is 0 Å². The average Bonchev–Trinajstić information content (AvgIpc) is 3.13. The molecule has 15 N–H and O–H groups in total. The fraction of sp³-hybridized carbons (Fsp3) is 0.500. The Labute approximate surface area is 188 Å². The number of aliphatic hydroxyl groups excluding tert-OH is 2. The molecule has 0 bridgehead atoms. The van der Waals surface area contributed by atoms with E-state index in [1.54, 1.807) is 4.57 Å². The van der Waals surface area contributed by atoms with E-state index in [-0.39, 0.29) is 12.4 Å². The van der Waals surface area contributed by atoms with E-state index >= 15 is 0 Å². The summed E-state index contributed by atoms with van der Waals surface area (Å²) in [6, 6.07) is -0.689. The summed E-state index contributed by atoms with van der Waals surface area (Å²) in [6.45, 7) is -0.310. The molecule has 0 aliphatic carbocycles. The van der Waals surface area contributed by atoms with Crippen LogP contribution in [0.25, 0.3) is 11.2 Å². The van der Waals surface area contributed by atoms with Crippen molar-refractivity contribution in [2.75, 3.05) is 12.3 Å². The second kappa shape index (κ2) is 13.0. The summed E-state index contributed by atoms with van der Waals surface area (Å²) < 4.78 is 33.8. The smallest absolute Gasteiger partial charge is 0.394 e. The first-order valence-electron chi connectivity index (χ1n) is 8.11. The molecule has 198 valence electrons. The topological polar surface area (TPSA) is 379 Å². The molecule has 0 aromatic carbocycles. The van der Waals surface area contributed by atoms with Gasteiger partial charge in [0.2, 0.25) is 0 Å². The second-order valence-electron chi connectivity index (χ2n) is 5.94. The maximum Gasteiger partial charge on any atom is 0.466 e. The van der Waals surface area contributed by atoms with Crippen LogP contribution in [-0.2, 0) is 18.4 Å². The molecule has 3 rings (SSSR count). The predicted molar refractivity (Wildman–Crippen MR) is 108 cm³/mol. The Morgan fingerprint density at radius 3 is 1.74 bits per heavy atom. The zero-order valence-corrected chi connectivity index (χ0v) is 19.2. The van der Waals surface area contributed by atoms with Crippen molar-refractivity contribution in [1.82, 2.24) is 19.5 Å². The van der Waals surface area contributed by atoms with E-state index in [2.05, 4.69) is 15.0 Å². The number of anilines is 1. The van der Waals surface area contributed by atoms with Gasteiger partial charge in [-0.1, -0.05) is 0 Å². The number of ether oxygens (including phenoxy) is 1. The van der Waals surface area contributed by atoms with Crippen molar-refractivity contribution in [3.05, 3.63) is 12.7 Å². The molecule has 0 radical (unpaired) electrons. The number of aromatic nitrogens is 4. The van der Waals surface area contributed by atoms with Gasteiger partial charge in [0.1, 0.15) is 24.1 Å². The third kappa shape index (κ3) is 14.0. The Morgan fingerprint density at radius 2 is 1.35 bits per heavy atom. The highest BCUT2D eigenvalue weighted by molar-refractivity contribution is 7.45. The van der Waals surface area contributed by atoms with E-state index in [1.165, 1.54) is 12.7 Å². The monoisotopic (exact) mass is 560 g/mol. The van der Waals surface area contributed by atoms with Crippen LogP contribution in [-0.4, -0.2) is 98.6 Å². The molecule has 2 aromatic rings. The van der Waals surface area contributed by atoms with Crippen molar-refractivity contribution in [3.63, 3.8) is 0 Å². The van der Waals surface area contributed by atoms with E-state index in [9.17, 15) is 5.11 Å². The van der Waals surface area contributed by atoms with Crippen molar-refractivity contribution in [3.8, 4) is 0 Å². The SMILES string of the molecule is Nc1ncnc2c1ncn2[C@@H]1O[C@H](CO)[C@@H](O)[C@H]1N.O=P(O)(O)O.O=P(O)(O)O.O=P(O)(O)O. The third-order valence-electron chi connectivity index (χ3n) is 3.26. The minimum absolute atomic E-state index is 0.259. The number of imidazole rings is 1. The van der Waals surface area contributed by atoms with Gasteiger partial charge < -0.3 is 70.5 Å². The first kappa shape index (κ1) is 32.5. The summed E-state index contributed by atoms with van der Waals surface area (Å²) in [6.07, 6.45) is 0.456. The lowest BCUT2D eigenvalue weighted by atomic mass is 10.1. The highest BCUT2D eigenvalue weighted by Gasteiger charge is 2.42. The lowest BCUT2D eigenvalue weighted by Crippen LogP contribution is -2.39. The standard InChI is InChI=1S/C10H14N6O3.3H3O4P/c11-5-7(18)4(1-17)19-10(5)16-3-15-6-8(12)13-2-14-9(6)16;3*1-5(2,3)4/h2-5,7,10,17-18H,1,11H2,(H2,12,13,14);3*(H3,1,2,3,4)/t4-,5-,7-,10-;;;/m1.../s1. The van der Waals surface area contributed by atoms with Crippen LogP contribution in [0.2, 0.25) is 0 Å². The van der Waals surface area contributed by atoms with Gasteiger partial charge in [-0.05, 0) is 0 Å².